The highest BCUT2D eigenvalue weighted by Crippen LogP contribution is 2.50. The van der Waals surface area contributed by atoms with Gasteiger partial charge in [0, 0.05) is 21.8 Å². The van der Waals surface area contributed by atoms with Gasteiger partial charge in [0.05, 0.1) is 16.8 Å². The van der Waals surface area contributed by atoms with Gasteiger partial charge in [-0.15, -0.1) is 0 Å². The van der Waals surface area contributed by atoms with Gasteiger partial charge in [-0.05, 0) is 118 Å². The zero-order valence-electron chi connectivity index (χ0n) is 31.4. The largest absolute Gasteiger partial charge is 0.456 e. The van der Waals surface area contributed by atoms with E-state index in [2.05, 4.69) is 199 Å². The maximum Gasteiger partial charge on any atom is 0.137 e. The molecule has 1 heterocycles. The molecule has 2 heteroatoms. The molecule has 0 atom stereocenters. The Morgan fingerprint density at radius 3 is 1.55 bits per heavy atom. The van der Waals surface area contributed by atoms with Gasteiger partial charge in [-0.1, -0.05) is 158 Å². The van der Waals surface area contributed by atoms with Crippen LogP contribution in [-0.2, 0) is 0 Å². The van der Waals surface area contributed by atoms with Gasteiger partial charge in [-0.2, -0.15) is 0 Å². The molecule has 0 unspecified atom stereocenters. The number of furan rings is 1. The van der Waals surface area contributed by atoms with E-state index in [9.17, 15) is 0 Å². The molecule has 268 valence electrons. The molecule has 0 fully saturated rings. The first kappa shape index (κ1) is 31.5. The second-order valence-corrected chi connectivity index (χ2v) is 15.6. The molecular formula is C56H33NO. The van der Waals surface area contributed by atoms with E-state index in [0.717, 1.165) is 39.0 Å². The van der Waals surface area contributed by atoms with Crippen molar-refractivity contribution in [1.29, 1.82) is 0 Å². The summed E-state index contributed by atoms with van der Waals surface area (Å²) in [5, 5.41) is 19.9. The van der Waals surface area contributed by atoms with Crippen molar-refractivity contribution in [3.63, 3.8) is 0 Å². The van der Waals surface area contributed by atoms with E-state index in [0.29, 0.717) is 0 Å². The Kier molecular flexibility index (Phi) is 6.47. The molecule has 13 aromatic rings. The van der Waals surface area contributed by atoms with Gasteiger partial charge in [-0.25, -0.2) is 0 Å². The normalized spacial score (nSPS) is 12.1. The van der Waals surface area contributed by atoms with E-state index < -0.39 is 0 Å². The predicted molar refractivity (Wildman–Crippen MR) is 248 cm³/mol. The molecule has 0 aliphatic rings. The number of benzene rings is 11. The zero-order chi connectivity index (χ0) is 37.9. The lowest BCUT2D eigenvalue weighted by Gasteiger charge is -2.29. The van der Waals surface area contributed by atoms with Crippen LogP contribution in [-0.4, -0.2) is 0 Å². The van der Waals surface area contributed by atoms with Crippen LogP contribution >= 0.6 is 0 Å². The summed E-state index contributed by atoms with van der Waals surface area (Å²) in [6.07, 6.45) is 0. The van der Waals surface area contributed by atoms with E-state index in [1.807, 2.05) is 6.07 Å². The molecule has 13 rings (SSSR count). The number of anilines is 3. The maximum absolute atomic E-state index is 6.53. The van der Waals surface area contributed by atoms with Crippen molar-refractivity contribution < 1.29 is 4.42 Å². The van der Waals surface area contributed by atoms with Crippen LogP contribution in [0.3, 0.4) is 0 Å². The second-order valence-electron chi connectivity index (χ2n) is 15.6. The third kappa shape index (κ3) is 4.43. The van der Waals surface area contributed by atoms with E-state index in [-0.39, 0.29) is 0 Å². The molecule has 0 N–H and O–H groups in total. The minimum Gasteiger partial charge on any atom is -0.456 e. The van der Waals surface area contributed by atoms with Crippen LogP contribution in [0.4, 0.5) is 17.1 Å². The van der Waals surface area contributed by atoms with Crippen LogP contribution in [0, 0.1) is 0 Å². The molecular weight excluding hydrogens is 703 g/mol. The molecule has 0 saturated heterocycles. The van der Waals surface area contributed by atoms with Crippen LogP contribution in [0.15, 0.2) is 205 Å². The van der Waals surface area contributed by atoms with Gasteiger partial charge in [0.15, 0.2) is 0 Å². The number of hydrogen-bond donors (Lipinski definition) is 0. The molecule has 1 aromatic heterocycles. The van der Waals surface area contributed by atoms with Crippen molar-refractivity contribution in [2.45, 2.75) is 0 Å². The van der Waals surface area contributed by atoms with Crippen LogP contribution in [0.2, 0.25) is 0 Å². The van der Waals surface area contributed by atoms with Crippen molar-refractivity contribution >= 4 is 114 Å². The Balaban J connectivity index is 1.16. The van der Waals surface area contributed by atoms with E-state index in [1.54, 1.807) is 0 Å². The lowest BCUT2D eigenvalue weighted by atomic mass is 9.87. The monoisotopic (exact) mass is 735 g/mol. The molecule has 0 radical (unpaired) electrons. The van der Waals surface area contributed by atoms with Gasteiger partial charge < -0.3 is 9.32 Å². The molecule has 58 heavy (non-hydrogen) atoms. The Labute approximate surface area is 333 Å². The highest BCUT2D eigenvalue weighted by atomic mass is 16.3. The van der Waals surface area contributed by atoms with Crippen molar-refractivity contribution in [2.75, 3.05) is 4.90 Å². The molecule has 0 aliphatic heterocycles. The Morgan fingerprint density at radius 1 is 0.276 bits per heavy atom. The van der Waals surface area contributed by atoms with Crippen molar-refractivity contribution in [3.05, 3.63) is 200 Å². The van der Waals surface area contributed by atoms with Gasteiger partial charge in [0.25, 0.3) is 0 Å². The number of hydrogen-bond acceptors (Lipinski definition) is 2. The van der Waals surface area contributed by atoms with Crippen molar-refractivity contribution in [3.8, 4) is 11.1 Å². The summed E-state index contributed by atoms with van der Waals surface area (Å²) >= 11 is 0. The first-order valence-electron chi connectivity index (χ1n) is 20.0. The minimum absolute atomic E-state index is 0.871. The molecule has 0 amide bonds. The summed E-state index contributed by atoms with van der Waals surface area (Å²) < 4.78 is 6.53. The summed E-state index contributed by atoms with van der Waals surface area (Å²) in [6.45, 7) is 0. The number of fused-ring (bicyclic) bond motifs is 6. The number of nitrogens with zero attached hydrogens (tertiary/aromatic N) is 1. The van der Waals surface area contributed by atoms with Gasteiger partial charge >= 0.3 is 0 Å². The highest BCUT2D eigenvalue weighted by Gasteiger charge is 2.24. The van der Waals surface area contributed by atoms with Crippen molar-refractivity contribution in [1.82, 2.24) is 0 Å². The summed E-state index contributed by atoms with van der Waals surface area (Å²) in [5.41, 5.74) is 7.41. The van der Waals surface area contributed by atoms with E-state index >= 15 is 0 Å². The predicted octanol–water partition coefficient (Wildman–Crippen LogP) is 16.2. The Hall–Kier alpha value is -7.68. The second kappa shape index (κ2) is 11.9. The topological polar surface area (TPSA) is 16.4 Å². The van der Waals surface area contributed by atoms with Crippen molar-refractivity contribution in [2.24, 2.45) is 0 Å². The first-order chi connectivity index (χ1) is 28.8. The fourth-order valence-corrected chi connectivity index (χ4v) is 9.99. The Morgan fingerprint density at radius 2 is 0.793 bits per heavy atom. The van der Waals surface area contributed by atoms with Gasteiger partial charge in [-0.3, -0.25) is 0 Å². The summed E-state index contributed by atoms with van der Waals surface area (Å²) in [5.74, 6) is 0. The lowest BCUT2D eigenvalue weighted by Crippen LogP contribution is -2.11. The minimum atomic E-state index is 0.871. The fraction of sp³-hybridized carbons (Fsp3) is 0. The summed E-state index contributed by atoms with van der Waals surface area (Å²) in [6, 6.07) is 73.6. The molecule has 2 nitrogen and oxygen atoms in total. The summed E-state index contributed by atoms with van der Waals surface area (Å²) in [4.78, 5) is 2.47. The maximum atomic E-state index is 6.53. The van der Waals surface area contributed by atoms with Gasteiger partial charge in [0.2, 0.25) is 0 Å². The summed E-state index contributed by atoms with van der Waals surface area (Å²) in [7, 11) is 0. The molecule has 0 saturated carbocycles. The molecule has 12 aromatic carbocycles. The first-order valence-corrected chi connectivity index (χ1v) is 20.0. The third-order valence-corrected chi connectivity index (χ3v) is 12.5. The lowest BCUT2D eigenvalue weighted by molar-refractivity contribution is 0.669. The fourth-order valence-electron chi connectivity index (χ4n) is 9.99. The van der Waals surface area contributed by atoms with Crippen LogP contribution < -0.4 is 4.90 Å². The SMILES string of the molecule is c1ccc2cc(-c3ccc(N(c4cc5cccc6c7cccc8ccc9cccc(c%10cccc4c%10c56)c9c87)c4cccc5oc6ccccc6c45)cc3)ccc2c1. The van der Waals surface area contributed by atoms with Crippen LogP contribution in [0.5, 0.6) is 0 Å². The van der Waals surface area contributed by atoms with E-state index in [4.69, 9.17) is 4.42 Å². The number of para-hydroxylation sites is 1. The third-order valence-electron chi connectivity index (χ3n) is 12.5. The smallest absolute Gasteiger partial charge is 0.137 e. The standard InChI is InChI=1S/C56H33NO/c1-2-11-38-32-39(27-24-34(38)10-1)35-28-30-41(31-29-35)57(48-21-9-23-51-56(48)47-15-3-4-22-50(47)58-51)49-33-40-14-7-18-43-42-16-5-12-36-25-26-37-13-6-17-44(53(37)52(36)42)45-19-8-20-46(49)55(45)54(40)43/h1-33H. The van der Waals surface area contributed by atoms with Crippen LogP contribution in [0.25, 0.3) is 108 Å². The average molecular weight is 736 g/mol. The number of rotatable bonds is 4. The molecule has 0 spiro atoms. The molecule has 0 aliphatic carbocycles. The van der Waals surface area contributed by atoms with Crippen LogP contribution in [0.1, 0.15) is 0 Å². The molecule has 0 bridgehead atoms. The Bertz CT molecular complexity index is 3800. The quantitative estimate of drug-likeness (QED) is 0.167. The average Bonchev–Trinajstić information content (AvgIpc) is 3.67. The highest BCUT2D eigenvalue weighted by molar-refractivity contribution is 6.38. The van der Waals surface area contributed by atoms with E-state index in [1.165, 1.54) is 86.5 Å². The zero-order valence-corrected chi connectivity index (χ0v) is 31.4. The van der Waals surface area contributed by atoms with Gasteiger partial charge in [0.1, 0.15) is 11.2 Å².